The van der Waals surface area contributed by atoms with Crippen LogP contribution >= 0.6 is 11.3 Å². The molecule has 1 aromatic heterocycles. The molecule has 2 aromatic rings. The number of allylic oxidation sites excluding steroid dienone is 2. The number of carboxylic acid groups (broad SMARTS) is 1. The molecule has 10 heteroatoms. The lowest BCUT2D eigenvalue weighted by Gasteiger charge is -2.42. The molecule has 196 valence electrons. The van der Waals surface area contributed by atoms with Gasteiger partial charge in [0.05, 0.1) is 16.6 Å². The number of carbonyl (C=O) groups is 1. The third-order valence-corrected chi connectivity index (χ3v) is 7.65. The van der Waals surface area contributed by atoms with Crippen LogP contribution in [-0.4, -0.2) is 59.5 Å². The van der Waals surface area contributed by atoms with E-state index < -0.39 is 12.3 Å². The van der Waals surface area contributed by atoms with Gasteiger partial charge in [-0.1, -0.05) is 48.8 Å². The number of aliphatic carboxylic acids is 1. The van der Waals surface area contributed by atoms with Crippen LogP contribution in [0.25, 0.3) is 10.2 Å². The second-order valence-electron chi connectivity index (χ2n) is 9.69. The van der Waals surface area contributed by atoms with E-state index in [1.54, 1.807) is 6.07 Å². The molecule has 36 heavy (non-hydrogen) atoms. The molecule has 6 nitrogen and oxygen atoms in total. The van der Waals surface area contributed by atoms with Gasteiger partial charge in [-0.15, -0.1) is 13.2 Å². The number of anilines is 1. The van der Waals surface area contributed by atoms with Crippen LogP contribution in [0.2, 0.25) is 0 Å². The Kier molecular flexibility index (Phi) is 8.24. The molecule has 2 heterocycles. The van der Waals surface area contributed by atoms with Crippen molar-refractivity contribution in [1.29, 1.82) is 0 Å². The summed E-state index contributed by atoms with van der Waals surface area (Å²) in [6.07, 6.45) is 3.53. The molecule has 0 amide bonds. The summed E-state index contributed by atoms with van der Waals surface area (Å²) in [5.74, 6) is -0.756. The number of thiazole rings is 1. The minimum absolute atomic E-state index is 0.0497. The van der Waals surface area contributed by atoms with Crippen molar-refractivity contribution < 1.29 is 27.8 Å². The average Bonchev–Trinajstić information content (AvgIpc) is 3.19. The van der Waals surface area contributed by atoms with Crippen LogP contribution in [0.4, 0.5) is 18.3 Å². The summed E-state index contributed by atoms with van der Waals surface area (Å²) >= 11 is 1.40. The van der Waals surface area contributed by atoms with E-state index in [-0.39, 0.29) is 24.1 Å². The normalized spacial score (nSPS) is 21.4. The molecule has 1 fully saturated rings. The predicted octanol–water partition coefficient (Wildman–Crippen LogP) is 6.24. The first-order chi connectivity index (χ1) is 17.1. The highest BCUT2D eigenvalue weighted by molar-refractivity contribution is 7.22. The van der Waals surface area contributed by atoms with Crippen LogP contribution in [0.1, 0.15) is 46.0 Å². The molecule has 1 aromatic carbocycles. The Morgan fingerprint density at radius 1 is 1.31 bits per heavy atom. The maximum absolute atomic E-state index is 12.6. The summed E-state index contributed by atoms with van der Waals surface area (Å²) in [5.41, 5.74) is 2.76. The van der Waals surface area contributed by atoms with Crippen LogP contribution in [0.5, 0.6) is 5.75 Å². The van der Waals surface area contributed by atoms with Gasteiger partial charge in [-0.3, -0.25) is 9.69 Å². The van der Waals surface area contributed by atoms with Crippen molar-refractivity contribution in [3.8, 4) is 5.75 Å². The van der Waals surface area contributed by atoms with E-state index in [1.165, 1.54) is 29.0 Å². The quantitative estimate of drug-likeness (QED) is 0.420. The standard InChI is InChI=1S/C26H32F3N3O3S/c1-3-4-5-20-16-31(15-19-11-17(2)10-18(12-19)13-24(33)34)8-9-32(20)25-30-22-7-6-21(14-23(22)36-25)35-26(27,28)29/h6-7,10,12,14,19-20H,3-5,8-9,11,13,15-16H2,1-2H3,(H,33,34)/t19?,20-/m1/s1. The number of nitrogens with zero attached hydrogens (tertiary/aromatic N) is 3. The zero-order chi connectivity index (χ0) is 25.9. The molecular weight excluding hydrogens is 491 g/mol. The number of hydrogen-bond donors (Lipinski definition) is 1. The van der Waals surface area contributed by atoms with Crippen molar-refractivity contribution in [3.05, 3.63) is 41.5 Å². The number of halogens is 3. The van der Waals surface area contributed by atoms with E-state index in [9.17, 15) is 23.1 Å². The third-order valence-electron chi connectivity index (χ3n) is 6.60. The number of aromatic nitrogens is 1. The Bertz CT molecular complexity index is 1140. The van der Waals surface area contributed by atoms with Crippen molar-refractivity contribution in [2.75, 3.05) is 31.1 Å². The minimum Gasteiger partial charge on any atom is -0.481 e. The van der Waals surface area contributed by atoms with Gasteiger partial charge >= 0.3 is 12.3 Å². The van der Waals surface area contributed by atoms with E-state index in [0.717, 1.165) is 62.6 Å². The first kappa shape index (κ1) is 26.5. The molecule has 1 saturated heterocycles. The van der Waals surface area contributed by atoms with Gasteiger partial charge in [0.25, 0.3) is 0 Å². The second-order valence-corrected chi connectivity index (χ2v) is 10.7. The lowest BCUT2D eigenvalue weighted by Crippen LogP contribution is -2.54. The lowest BCUT2D eigenvalue weighted by atomic mass is 9.89. The molecule has 0 radical (unpaired) electrons. The Balaban J connectivity index is 1.47. The number of fused-ring (bicyclic) bond motifs is 1. The lowest BCUT2D eigenvalue weighted by molar-refractivity contribution is -0.274. The van der Waals surface area contributed by atoms with Gasteiger partial charge in [-0.25, -0.2) is 4.98 Å². The van der Waals surface area contributed by atoms with Crippen molar-refractivity contribution in [3.63, 3.8) is 0 Å². The molecule has 0 saturated carbocycles. The van der Waals surface area contributed by atoms with Gasteiger partial charge in [0.1, 0.15) is 5.75 Å². The number of hydrogen-bond acceptors (Lipinski definition) is 6. The number of ether oxygens (including phenoxy) is 1. The molecule has 0 bridgehead atoms. The average molecular weight is 524 g/mol. The SMILES string of the molecule is CCCC[C@@H]1CN(CC2C=C(CC(=O)O)C=C(C)C2)CCN1c1nc2ccc(OC(F)(F)F)cc2s1. The molecule has 1 unspecified atom stereocenters. The largest absolute Gasteiger partial charge is 0.573 e. The summed E-state index contributed by atoms with van der Waals surface area (Å²) in [6, 6.07) is 4.54. The molecule has 1 aliphatic heterocycles. The minimum atomic E-state index is -4.72. The van der Waals surface area contributed by atoms with E-state index >= 15 is 0 Å². The van der Waals surface area contributed by atoms with Gasteiger partial charge in [0, 0.05) is 38.3 Å². The topological polar surface area (TPSA) is 65.9 Å². The fraction of sp³-hybridized carbons (Fsp3) is 0.538. The Morgan fingerprint density at radius 3 is 2.83 bits per heavy atom. The Morgan fingerprint density at radius 2 is 2.11 bits per heavy atom. The number of carboxylic acids is 1. The highest BCUT2D eigenvalue weighted by Gasteiger charge is 2.32. The Hall–Kier alpha value is -2.59. The summed E-state index contributed by atoms with van der Waals surface area (Å²) in [7, 11) is 0. The second kappa shape index (κ2) is 11.2. The van der Waals surface area contributed by atoms with Gasteiger partial charge in [0.15, 0.2) is 5.13 Å². The van der Waals surface area contributed by atoms with Gasteiger partial charge in [0.2, 0.25) is 0 Å². The van der Waals surface area contributed by atoms with E-state index in [4.69, 9.17) is 4.98 Å². The maximum Gasteiger partial charge on any atom is 0.573 e. The highest BCUT2D eigenvalue weighted by Crippen LogP contribution is 2.35. The van der Waals surface area contributed by atoms with Gasteiger partial charge < -0.3 is 14.7 Å². The van der Waals surface area contributed by atoms with Crippen molar-refractivity contribution >= 4 is 32.7 Å². The van der Waals surface area contributed by atoms with E-state index in [2.05, 4.69) is 34.5 Å². The molecule has 1 N–H and O–H groups in total. The van der Waals surface area contributed by atoms with Gasteiger partial charge in [-0.2, -0.15) is 0 Å². The van der Waals surface area contributed by atoms with Crippen LogP contribution < -0.4 is 9.64 Å². The molecule has 2 aliphatic rings. The maximum atomic E-state index is 12.6. The number of unbranched alkanes of at least 4 members (excludes halogenated alkanes) is 1. The molecule has 0 spiro atoms. The summed E-state index contributed by atoms with van der Waals surface area (Å²) < 4.78 is 42.6. The van der Waals surface area contributed by atoms with Crippen LogP contribution in [-0.2, 0) is 4.79 Å². The zero-order valence-electron chi connectivity index (χ0n) is 20.6. The number of rotatable bonds is 9. The zero-order valence-corrected chi connectivity index (χ0v) is 21.4. The molecular formula is C26H32F3N3O3S. The molecule has 4 rings (SSSR count). The fourth-order valence-electron chi connectivity index (χ4n) is 5.17. The number of benzene rings is 1. The van der Waals surface area contributed by atoms with Crippen molar-refractivity contribution in [2.24, 2.45) is 5.92 Å². The van der Waals surface area contributed by atoms with Gasteiger partial charge in [-0.05, 0) is 43.4 Å². The first-order valence-electron chi connectivity index (χ1n) is 12.3. The smallest absolute Gasteiger partial charge is 0.481 e. The van der Waals surface area contributed by atoms with E-state index in [1.807, 2.05) is 6.08 Å². The van der Waals surface area contributed by atoms with Crippen molar-refractivity contribution in [1.82, 2.24) is 9.88 Å². The molecule has 1 aliphatic carbocycles. The van der Waals surface area contributed by atoms with Crippen LogP contribution in [0, 0.1) is 5.92 Å². The number of piperazine rings is 1. The first-order valence-corrected chi connectivity index (χ1v) is 13.2. The van der Waals surface area contributed by atoms with Crippen molar-refractivity contribution in [2.45, 2.75) is 58.4 Å². The number of alkyl halides is 3. The molecule has 2 atom stereocenters. The predicted molar refractivity (Wildman–Crippen MR) is 136 cm³/mol. The Labute approximate surface area is 213 Å². The van der Waals surface area contributed by atoms with Crippen LogP contribution in [0.3, 0.4) is 0 Å². The summed E-state index contributed by atoms with van der Waals surface area (Å²) in [5, 5.41) is 10.0. The van der Waals surface area contributed by atoms with E-state index in [0.29, 0.717) is 10.2 Å². The third kappa shape index (κ3) is 7.00. The fourth-order valence-corrected chi connectivity index (χ4v) is 6.26. The highest BCUT2D eigenvalue weighted by atomic mass is 32.1. The van der Waals surface area contributed by atoms with Crippen LogP contribution in [0.15, 0.2) is 41.5 Å². The summed E-state index contributed by atoms with van der Waals surface area (Å²) in [4.78, 5) is 20.7. The monoisotopic (exact) mass is 523 g/mol. The summed E-state index contributed by atoms with van der Waals surface area (Å²) in [6.45, 7) is 7.61.